The molecule has 0 atom stereocenters. The maximum Gasteiger partial charge on any atom is 0.307 e. The number of imide groups is 1. The van der Waals surface area contributed by atoms with Crippen LogP contribution in [0, 0.1) is 0 Å². The summed E-state index contributed by atoms with van der Waals surface area (Å²) < 4.78 is 15.6. The molecule has 7 heteroatoms. The standard InChI is InChI=1S/C20H19NO6/c1-25-14-8-10-15(11-9-14)26-12-4-7-18(22)27-13-21-19(23)16-5-2-3-6-17(16)20(21)24/h2-3,5-6,8-11H,4,7,12-13H2,1H3. The van der Waals surface area contributed by atoms with E-state index in [2.05, 4.69) is 0 Å². The highest BCUT2D eigenvalue weighted by Crippen LogP contribution is 2.22. The number of benzene rings is 2. The summed E-state index contributed by atoms with van der Waals surface area (Å²) >= 11 is 0. The van der Waals surface area contributed by atoms with Gasteiger partial charge < -0.3 is 14.2 Å². The Morgan fingerprint density at radius 1 is 0.926 bits per heavy atom. The molecule has 0 aromatic heterocycles. The molecule has 2 aromatic carbocycles. The van der Waals surface area contributed by atoms with E-state index >= 15 is 0 Å². The lowest BCUT2D eigenvalue weighted by atomic mass is 10.1. The number of ether oxygens (including phenoxy) is 3. The summed E-state index contributed by atoms with van der Waals surface area (Å²) in [6, 6.07) is 13.6. The second-order valence-electron chi connectivity index (χ2n) is 5.86. The van der Waals surface area contributed by atoms with Crippen molar-refractivity contribution >= 4 is 17.8 Å². The molecule has 2 aromatic rings. The van der Waals surface area contributed by atoms with E-state index in [9.17, 15) is 14.4 Å². The van der Waals surface area contributed by atoms with Crippen LogP contribution in [-0.4, -0.2) is 43.1 Å². The van der Waals surface area contributed by atoms with Crippen molar-refractivity contribution in [1.82, 2.24) is 4.90 Å². The van der Waals surface area contributed by atoms with Crippen molar-refractivity contribution < 1.29 is 28.6 Å². The van der Waals surface area contributed by atoms with Gasteiger partial charge in [0.1, 0.15) is 11.5 Å². The van der Waals surface area contributed by atoms with E-state index in [4.69, 9.17) is 14.2 Å². The first-order valence-corrected chi connectivity index (χ1v) is 8.48. The van der Waals surface area contributed by atoms with Crippen LogP contribution < -0.4 is 9.47 Å². The van der Waals surface area contributed by atoms with E-state index in [1.807, 2.05) is 0 Å². The van der Waals surface area contributed by atoms with Crippen molar-refractivity contribution in [2.24, 2.45) is 0 Å². The predicted molar refractivity (Wildman–Crippen MR) is 95.6 cm³/mol. The van der Waals surface area contributed by atoms with Crippen LogP contribution in [0.1, 0.15) is 33.6 Å². The Kier molecular flexibility index (Phi) is 5.71. The number of rotatable bonds is 8. The molecule has 1 heterocycles. The first-order valence-electron chi connectivity index (χ1n) is 8.48. The number of hydrogen-bond donors (Lipinski definition) is 0. The second kappa shape index (κ2) is 8.35. The van der Waals surface area contributed by atoms with Gasteiger partial charge in [0.2, 0.25) is 0 Å². The molecule has 0 fully saturated rings. The molecule has 3 rings (SSSR count). The van der Waals surface area contributed by atoms with Crippen LogP contribution in [0.2, 0.25) is 0 Å². The number of methoxy groups -OCH3 is 1. The second-order valence-corrected chi connectivity index (χ2v) is 5.86. The average molecular weight is 369 g/mol. The third-order valence-corrected chi connectivity index (χ3v) is 4.09. The Labute approximate surface area is 156 Å². The summed E-state index contributed by atoms with van der Waals surface area (Å²) in [4.78, 5) is 37.1. The van der Waals surface area contributed by atoms with Crippen molar-refractivity contribution in [1.29, 1.82) is 0 Å². The van der Waals surface area contributed by atoms with Gasteiger partial charge >= 0.3 is 5.97 Å². The third-order valence-electron chi connectivity index (χ3n) is 4.09. The van der Waals surface area contributed by atoms with Gasteiger partial charge in [-0.05, 0) is 42.8 Å². The van der Waals surface area contributed by atoms with Gasteiger partial charge in [0.05, 0.1) is 24.8 Å². The van der Waals surface area contributed by atoms with Gasteiger partial charge in [-0.1, -0.05) is 12.1 Å². The van der Waals surface area contributed by atoms with Crippen LogP contribution in [0.5, 0.6) is 11.5 Å². The van der Waals surface area contributed by atoms with Crippen LogP contribution >= 0.6 is 0 Å². The minimum atomic E-state index is -0.495. The van der Waals surface area contributed by atoms with Crippen LogP contribution in [0.25, 0.3) is 0 Å². The molecule has 0 N–H and O–H groups in total. The van der Waals surface area contributed by atoms with Crippen LogP contribution in [-0.2, 0) is 9.53 Å². The summed E-state index contributed by atoms with van der Waals surface area (Å²) in [6.07, 6.45) is 0.576. The number of amides is 2. The summed E-state index contributed by atoms with van der Waals surface area (Å²) in [5, 5.41) is 0. The van der Waals surface area contributed by atoms with Gasteiger partial charge in [0.25, 0.3) is 11.8 Å². The van der Waals surface area contributed by atoms with E-state index in [1.54, 1.807) is 55.6 Å². The highest BCUT2D eigenvalue weighted by molar-refractivity contribution is 6.21. The molecule has 1 aliphatic rings. The van der Waals surface area contributed by atoms with E-state index in [0.29, 0.717) is 29.9 Å². The lowest BCUT2D eigenvalue weighted by molar-refractivity contribution is -0.146. The van der Waals surface area contributed by atoms with E-state index in [0.717, 1.165) is 10.6 Å². The van der Waals surface area contributed by atoms with E-state index in [-0.39, 0.29) is 13.2 Å². The minimum absolute atomic E-state index is 0.124. The molecule has 0 bridgehead atoms. The van der Waals surface area contributed by atoms with Crippen molar-refractivity contribution in [3.63, 3.8) is 0 Å². The molecular formula is C20H19NO6. The fourth-order valence-corrected chi connectivity index (χ4v) is 2.64. The summed E-state index contributed by atoms with van der Waals surface area (Å²) in [7, 11) is 1.59. The fourth-order valence-electron chi connectivity index (χ4n) is 2.64. The van der Waals surface area contributed by atoms with Gasteiger partial charge in [-0.3, -0.25) is 14.4 Å². The van der Waals surface area contributed by atoms with E-state index < -0.39 is 17.8 Å². The minimum Gasteiger partial charge on any atom is -0.497 e. The molecular weight excluding hydrogens is 350 g/mol. The number of nitrogens with zero attached hydrogens (tertiary/aromatic N) is 1. The molecule has 0 saturated carbocycles. The Morgan fingerprint density at radius 3 is 2.11 bits per heavy atom. The van der Waals surface area contributed by atoms with Crippen LogP contribution in [0.4, 0.5) is 0 Å². The quantitative estimate of drug-likeness (QED) is 0.404. The normalized spacial score (nSPS) is 12.7. The molecule has 0 radical (unpaired) electrons. The van der Waals surface area contributed by atoms with Gasteiger partial charge in [-0.15, -0.1) is 0 Å². The maximum absolute atomic E-state index is 12.2. The maximum atomic E-state index is 12.2. The third kappa shape index (κ3) is 4.25. The average Bonchev–Trinajstić information content (AvgIpc) is 2.94. The molecule has 0 saturated heterocycles. The largest absolute Gasteiger partial charge is 0.497 e. The first-order chi connectivity index (χ1) is 13.1. The zero-order chi connectivity index (χ0) is 19.2. The highest BCUT2D eigenvalue weighted by Gasteiger charge is 2.35. The lowest BCUT2D eigenvalue weighted by Gasteiger charge is -2.14. The number of carbonyl (C=O) groups excluding carboxylic acids is 3. The Bertz CT molecular complexity index is 811. The fraction of sp³-hybridized carbons (Fsp3) is 0.250. The molecule has 0 unspecified atom stereocenters. The smallest absolute Gasteiger partial charge is 0.307 e. The monoisotopic (exact) mass is 369 g/mol. The van der Waals surface area contributed by atoms with Gasteiger partial charge in [0, 0.05) is 6.42 Å². The molecule has 0 aliphatic carbocycles. The van der Waals surface area contributed by atoms with Crippen molar-refractivity contribution in [2.75, 3.05) is 20.4 Å². The van der Waals surface area contributed by atoms with Crippen LogP contribution in [0.3, 0.4) is 0 Å². The molecule has 140 valence electrons. The summed E-state index contributed by atoms with van der Waals surface area (Å²) in [5.74, 6) is 0.0108. The zero-order valence-corrected chi connectivity index (χ0v) is 14.8. The van der Waals surface area contributed by atoms with Crippen LogP contribution in [0.15, 0.2) is 48.5 Å². The first kappa shape index (κ1) is 18.4. The Hall–Kier alpha value is -3.35. The van der Waals surface area contributed by atoms with Gasteiger partial charge in [-0.25, -0.2) is 4.90 Å². The number of esters is 1. The van der Waals surface area contributed by atoms with Crippen molar-refractivity contribution in [3.8, 4) is 11.5 Å². The Morgan fingerprint density at radius 2 is 1.52 bits per heavy atom. The predicted octanol–water partition coefficient (Wildman–Crippen LogP) is 2.65. The highest BCUT2D eigenvalue weighted by atomic mass is 16.5. The number of fused-ring (bicyclic) bond motifs is 1. The summed E-state index contributed by atoms with van der Waals surface area (Å²) in [6.45, 7) is -0.0427. The molecule has 2 amide bonds. The SMILES string of the molecule is COc1ccc(OCCCC(=O)OCN2C(=O)c3ccccc3C2=O)cc1. The van der Waals surface area contributed by atoms with Crippen molar-refractivity contribution in [2.45, 2.75) is 12.8 Å². The Balaban J connectivity index is 1.39. The molecule has 27 heavy (non-hydrogen) atoms. The molecule has 0 spiro atoms. The number of hydrogen-bond acceptors (Lipinski definition) is 6. The lowest BCUT2D eigenvalue weighted by Crippen LogP contribution is -2.33. The topological polar surface area (TPSA) is 82.1 Å². The molecule has 1 aliphatic heterocycles. The summed E-state index contributed by atoms with van der Waals surface area (Å²) in [5.41, 5.74) is 0.651. The van der Waals surface area contributed by atoms with Crippen molar-refractivity contribution in [3.05, 3.63) is 59.7 Å². The van der Waals surface area contributed by atoms with Gasteiger partial charge in [-0.2, -0.15) is 0 Å². The zero-order valence-electron chi connectivity index (χ0n) is 14.8. The van der Waals surface area contributed by atoms with Gasteiger partial charge in [0.15, 0.2) is 6.73 Å². The number of carbonyl (C=O) groups is 3. The molecule has 7 nitrogen and oxygen atoms in total. The van der Waals surface area contributed by atoms with E-state index in [1.165, 1.54) is 0 Å².